The molecule has 88 valence electrons. The zero-order valence-corrected chi connectivity index (χ0v) is 9.82. The van der Waals surface area contributed by atoms with Crippen LogP contribution in [-0.4, -0.2) is 24.6 Å². The number of hydrogen-bond donors (Lipinski definition) is 1. The normalized spacial score (nSPS) is 10.2. The summed E-state index contributed by atoms with van der Waals surface area (Å²) in [5.41, 5.74) is 2.04. The summed E-state index contributed by atoms with van der Waals surface area (Å²) < 4.78 is 5.20. The number of rotatable bonds is 6. The predicted octanol–water partition coefficient (Wildman–Crippen LogP) is 1.89. The number of aliphatic hydroxyl groups excluding tert-OH is 1. The maximum Gasteiger partial charge on any atom is 0.137 e. The Morgan fingerprint density at radius 3 is 2.81 bits per heavy atom. The van der Waals surface area contributed by atoms with Gasteiger partial charge in [-0.05, 0) is 19.4 Å². The Kier molecular flexibility index (Phi) is 4.99. The lowest BCUT2D eigenvalue weighted by molar-refractivity contribution is -0.118. The van der Waals surface area contributed by atoms with Crippen LogP contribution in [0.15, 0.2) is 18.2 Å². The van der Waals surface area contributed by atoms with Crippen molar-refractivity contribution < 1.29 is 14.6 Å². The van der Waals surface area contributed by atoms with E-state index in [9.17, 15) is 4.79 Å². The van der Waals surface area contributed by atoms with E-state index < -0.39 is 0 Å². The molecule has 1 N–H and O–H groups in total. The number of aryl methyl sites for hydroxylation is 1. The Balaban J connectivity index is 2.71. The van der Waals surface area contributed by atoms with Gasteiger partial charge in [-0.2, -0.15) is 0 Å². The van der Waals surface area contributed by atoms with Crippen molar-refractivity contribution in [3.8, 4) is 5.75 Å². The number of carbonyl (C=O) groups excluding carboxylic acids is 1. The van der Waals surface area contributed by atoms with Crippen LogP contribution in [0.4, 0.5) is 0 Å². The molecular weight excluding hydrogens is 204 g/mol. The first-order chi connectivity index (χ1) is 7.67. The third kappa shape index (κ3) is 3.66. The minimum absolute atomic E-state index is 0.0662. The van der Waals surface area contributed by atoms with E-state index in [0.29, 0.717) is 19.3 Å². The maximum absolute atomic E-state index is 11.6. The van der Waals surface area contributed by atoms with Gasteiger partial charge >= 0.3 is 0 Å². The summed E-state index contributed by atoms with van der Waals surface area (Å²) in [6, 6.07) is 5.81. The van der Waals surface area contributed by atoms with Crippen molar-refractivity contribution in [2.45, 2.75) is 26.2 Å². The van der Waals surface area contributed by atoms with Crippen molar-refractivity contribution in [3.63, 3.8) is 0 Å². The molecule has 0 fully saturated rings. The molecule has 0 aliphatic rings. The third-order valence-corrected chi connectivity index (χ3v) is 2.44. The average molecular weight is 222 g/mol. The molecule has 0 amide bonds. The van der Waals surface area contributed by atoms with Gasteiger partial charge in [0.05, 0.1) is 7.11 Å². The molecule has 0 aromatic heterocycles. The number of Topliss-reactive ketones (excluding diaryl/α,β-unsaturated/α-hetero) is 1. The third-order valence-electron chi connectivity index (χ3n) is 2.44. The van der Waals surface area contributed by atoms with E-state index in [4.69, 9.17) is 9.84 Å². The summed E-state index contributed by atoms with van der Waals surface area (Å²) >= 11 is 0. The molecule has 0 aliphatic heterocycles. The zero-order valence-electron chi connectivity index (χ0n) is 9.82. The number of benzene rings is 1. The van der Waals surface area contributed by atoms with Crippen LogP contribution in [0.2, 0.25) is 0 Å². The second-order valence-corrected chi connectivity index (χ2v) is 3.86. The molecule has 0 aliphatic carbocycles. The first kappa shape index (κ1) is 12.7. The maximum atomic E-state index is 11.6. The van der Waals surface area contributed by atoms with E-state index in [1.54, 1.807) is 7.11 Å². The largest absolute Gasteiger partial charge is 0.496 e. The van der Waals surface area contributed by atoms with Gasteiger partial charge in [-0.3, -0.25) is 4.79 Å². The van der Waals surface area contributed by atoms with E-state index >= 15 is 0 Å². The lowest BCUT2D eigenvalue weighted by atomic mass is 10.0. The standard InChI is InChI=1S/C13H18O3/c1-10-5-6-13(16-2)11(8-10)9-12(15)4-3-7-14/h5-6,8,14H,3-4,7,9H2,1-2H3. The van der Waals surface area contributed by atoms with Crippen LogP contribution in [0.5, 0.6) is 5.75 Å². The first-order valence-electron chi connectivity index (χ1n) is 5.43. The molecule has 0 spiro atoms. The fourth-order valence-corrected chi connectivity index (χ4v) is 1.62. The zero-order chi connectivity index (χ0) is 12.0. The van der Waals surface area contributed by atoms with Crippen LogP contribution in [0.1, 0.15) is 24.0 Å². The van der Waals surface area contributed by atoms with E-state index in [0.717, 1.165) is 16.9 Å². The van der Waals surface area contributed by atoms with E-state index in [1.165, 1.54) is 0 Å². The molecule has 1 rings (SSSR count). The molecule has 0 atom stereocenters. The fourth-order valence-electron chi connectivity index (χ4n) is 1.62. The first-order valence-corrected chi connectivity index (χ1v) is 5.43. The Bertz CT molecular complexity index is 358. The number of carbonyl (C=O) groups is 1. The van der Waals surface area contributed by atoms with Gasteiger partial charge in [-0.25, -0.2) is 0 Å². The number of aliphatic hydroxyl groups is 1. The van der Waals surface area contributed by atoms with Crippen LogP contribution < -0.4 is 4.74 Å². The van der Waals surface area contributed by atoms with Crippen molar-refractivity contribution >= 4 is 5.78 Å². The van der Waals surface area contributed by atoms with Crippen molar-refractivity contribution in [2.75, 3.05) is 13.7 Å². The summed E-state index contributed by atoms with van der Waals surface area (Å²) in [6.45, 7) is 2.05. The molecule has 0 unspecified atom stereocenters. The molecule has 3 heteroatoms. The highest BCUT2D eigenvalue weighted by Gasteiger charge is 2.08. The topological polar surface area (TPSA) is 46.5 Å². The molecule has 1 aromatic rings. The highest BCUT2D eigenvalue weighted by atomic mass is 16.5. The second-order valence-electron chi connectivity index (χ2n) is 3.86. The van der Waals surface area contributed by atoms with Crippen molar-refractivity contribution in [3.05, 3.63) is 29.3 Å². The van der Waals surface area contributed by atoms with Crippen LogP contribution in [0, 0.1) is 6.92 Å². The summed E-state index contributed by atoms with van der Waals surface area (Å²) in [5, 5.41) is 8.65. The Labute approximate surface area is 96.1 Å². The predicted molar refractivity (Wildman–Crippen MR) is 62.8 cm³/mol. The van der Waals surface area contributed by atoms with E-state index in [-0.39, 0.29) is 12.4 Å². The lowest BCUT2D eigenvalue weighted by Gasteiger charge is -2.08. The van der Waals surface area contributed by atoms with Crippen LogP contribution in [0.3, 0.4) is 0 Å². The SMILES string of the molecule is COc1ccc(C)cc1CC(=O)CCCO. The van der Waals surface area contributed by atoms with Gasteiger partial charge in [0.15, 0.2) is 0 Å². The van der Waals surface area contributed by atoms with Crippen molar-refractivity contribution in [1.82, 2.24) is 0 Å². The smallest absolute Gasteiger partial charge is 0.137 e. The highest BCUT2D eigenvalue weighted by molar-refractivity contribution is 5.81. The van der Waals surface area contributed by atoms with Crippen molar-refractivity contribution in [1.29, 1.82) is 0 Å². The van der Waals surface area contributed by atoms with E-state index in [1.807, 2.05) is 25.1 Å². The van der Waals surface area contributed by atoms with Crippen molar-refractivity contribution in [2.24, 2.45) is 0 Å². The number of methoxy groups -OCH3 is 1. The van der Waals surface area contributed by atoms with Gasteiger partial charge in [-0.1, -0.05) is 17.7 Å². The quantitative estimate of drug-likeness (QED) is 0.799. The number of ketones is 1. The molecule has 1 aromatic carbocycles. The van der Waals surface area contributed by atoms with Gasteiger partial charge in [-0.15, -0.1) is 0 Å². The number of ether oxygens (including phenoxy) is 1. The molecule has 0 saturated carbocycles. The van der Waals surface area contributed by atoms with Gasteiger partial charge in [0.25, 0.3) is 0 Å². The summed E-state index contributed by atoms with van der Waals surface area (Å²) in [7, 11) is 1.60. The Morgan fingerprint density at radius 2 is 2.19 bits per heavy atom. The Morgan fingerprint density at radius 1 is 1.44 bits per heavy atom. The van der Waals surface area contributed by atoms with E-state index in [2.05, 4.69) is 0 Å². The Hall–Kier alpha value is -1.35. The number of hydrogen-bond acceptors (Lipinski definition) is 3. The fraction of sp³-hybridized carbons (Fsp3) is 0.462. The molecule has 0 saturated heterocycles. The van der Waals surface area contributed by atoms with Gasteiger partial charge in [0, 0.05) is 25.0 Å². The molecule has 16 heavy (non-hydrogen) atoms. The van der Waals surface area contributed by atoms with Crippen LogP contribution >= 0.6 is 0 Å². The summed E-state index contributed by atoms with van der Waals surface area (Å²) in [4.78, 5) is 11.6. The second kappa shape index (κ2) is 6.28. The molecule has 0 radical (unpaired) electrons. The lowest BCUT2D eigenvalue weighted by Crippen LogP contribution is -2.05. The molecule has 0 heterocycles. The van der Waals surface area contributed by atoms with Crippen LogP contribution in [0.25, 0.3) is 0 Å². The van der Waals surface area contributed by atoms with Crippen LogP contribution in [-0.2, 0) is 11.2 Å². The summed E-state index contributed by atoms with van der Waals surface area (Å²) in [5.74, 6) is 0.890. The average Bonchev–Trinajstić information content (AvgIpc) is 2.27. The summed E-state index contributed by atoms with van der Waals surface area (Å²) in [6.07, 6.45) is 1.34. The monoisotopic (exact) mass is 222 g/mol. The van der Waals surface area contributed by atoms with Gasteiger partial charge in [0.1, 0.15) is 11.5 Å². The molecular formula is C13H18O3. The van der Waals surface area contributed by atoms with Gasteiger partial charge in [0.2, 0.25) is 0 Å². The molecule has 0 bridgehead atoms. The highest BCUT2D eigenvalue weighted by Crippen LogP contribution is 2.20. The molecule has 3 nitrogen and oxygen atoms in total. The minimum atomic E-state index is 0.0662. The van der Waals surface area contributed by atoms with Gasteiger partial charge < -0.3 is 9.84 Å². The minimum Gasteiger partial charge on any atom is -0.496 e.